The van der Waals surface area contributed by atoms with E-state index in [1.54, 1.807) is 12.1 Å². The van der Waals surface area contributed by atoms with Crippen LogP contribution in [0.2, 0.25) is 5.02 Å². The summed E-state index contributed by atoms with van der Waals surface area (Å²) in [5.41, 5.74) is 8.25. The quantitative estimate of drug-likeness (QED) is 0.627. The van der Waals surface area contributed by atoms with Crippen molar-refractivity contribution in [2.45, 2.75) is 5.38 Å². The first-order chi connectivity index (χ1) is 7.68. The van der Waals surface area contributed by atoms with Crippen LogP contribution in [-0.4, -0.2) is 0 Å². The van der Waals surface area contributed by atoms with Gasteiger partial charge in [0, 0.05) is 10.7 Å². The van der Waals surface area contributed by atoms with Gasteiger partial charge in [0.2, 0.25) is 0 Å². The lowest BCUT2D eigenvalue weighted by Crippen LogP contribution is -1.96. The number of rotatable bonds is 2. The maximum Gasteiger partial charge on any atom is 0.0850 e. The van der Waals surface area contributed by atoms with Crippen molar-refractivity contribution in [3.63, 3.8) is 0 Å². The smallest absolute Gasteiger partial charge is 0.0850 e. The van der Waals surface area contributed by atoms with Gasteiger partial charge in [-0.25, -0.2) is 0 Å². The fraction of sp³-hybridized carbons (Fsp3) is 0.0769. The summed E-state index contributed by atoms with van der Waals surface area (Å²) < 4.78 is 0. The minimum Gasteiger partial charge on any atom is -0.399 e. The van der Waals surface area contributed by atoms with Crippen molar-refractivity contribution in [2.75, 3.05) is 5.73 Å². The molecule has 2 aromatic rings. The zero-order valence-corrected chi connectivity index (χ0v) is 10.0. The molecule has 0 spiro atoms. The van der Waals surface area contributed by atoms with Crippen molar-refractivity contribution in [3.8, 4) is 0 Å². The van der Waals surface area contributed by atoms with Crippen LogP contribution < -0.4 is 5.73 Å². The Bertz CT molecular complexity index is 483. The van der Waals surface area contributed by atoms with Crippen LogP contribution in [0.4, 0.5) is 5.69 Å². The third-order valence-corrected chi connectivity index (χ3v) is 3.22. The third-order valence-electron chi connectivity index (χ3n) is 2.39. The minimum atomic E-state index is -0.266. The van der Waals surface area contributed by atoms with Crippen molar-refractivity contribution in [1.82, 2.24) is 0 Å². The van der Waals surface area contributed by atoms with Gasteiger partial charge in [0.25, 0.3) is 0 Å². The number of hydrogen-bond donors (Lipinski definition) is 1. The van der Waals surface area contributed by atoms with Crippen LogP contribution in [0, 0.1) is 0 Å². The van der Waals surface area contributed by atoms with Crippen LogP contribution >= 0.6 is 23.2 Å². The molecule has 0 aliphatic carbocycles. The summed E-state index contributed by atoms with van der Waals surface area (Å²) >= 11 is 12.5. The predicted molar refractivity (Wildman–Crippen MR) is 70.0 cm³/mol. The summed E-state index contributed by atoms with van der Waals surface area (Å²) in [5, 5.41) is 0.371. The van der Waals surface area contributed by atoms with Crippen molar-refractivity contribution in [2.24, 2.45) is 0 Å². The lowest BCUT2D eigenvalue weighted by molar-refractivity contribution is 1.14. The summed E-state index contributed by atoms with van der Waals surface area (Å²) in [6.07, 6.45) is 0. The van der Waals surface area contributed by atoms with Crippen molar-refractivity contribution >= 4 is 28.9 Å². The molecular weight excluding hydrogens is 241 g/mol. The van der Waals surface area contributed by atoms with Gasteiger partial charge in [0.15, 0.2) is 0 Å². The van der Waals surface area contributed by atoms with E-state index in [1.807, 2.05) is 36.4 Å². The lowest BCUT2D eigenvalue weighted by Gasteiger charge is -2.12. The SMILES string of the molecule is Nc1ccc(Cl)c(C(Cl)c2ccccc2)c1. The monoisotopic (exact) mass is 251 g/mol. The Labute approximate surface area is 105 Å². The van der Waals surface area contributed by atoms with E-state index in [4.69, 9.17) is 28.9 Å². The van der Waals surface area contributed by atoms with E-state index >= 15 is 0 Å². The van der Waals surface area contributed by atoms with E-state index in [1.165, 1.54) is 0 Å². The molecule has 0 bridgehead atoms. The fourth-order valence-electron chi connectivity index (χ4n) is 1.56. The zero-order valence-electron chi connectivity index (χ0n) is 8.53. The molecule has 0 fully saturated rings. The standard InChI is InChI=1S/C13H11Cl2N/c14-12-7-6-10(16)8-11(12)13(15)9-4-2-1-3-5-9/h1-8,13H,16H2. The largest absolute Gasteiger partial charge is 0.399 e. The molecule has 0 radical (unpaired) electrons. The highest BCUT2D eigenvalue weighted by molar-refractivity contribution is 6.33. The van der Waals surface area contributed by atoms with E-state index in [2.05, 4.69) is 0 Å². The molecule has 1 nitrogen and oxygen atoms in total. The van der Waals surface area contributed by atoms with Crippen molar-refractivity contribution in [3.05, 3.63) is 64.7 Å². The summed E-state index contributed by atoms with van der Waals surface area (Å²) in [6.45, 7) is 0. The fourth-order valence-corrected chi connectivity index (χ4v) is 2.17. The molecule has 16 heavy (non-hydrogen) atoms. The molecule has 0 aromatic heterocycles. The highest BCUT2D eigenvalue weighted by atomic mass is 35.5. The van der Waals surface area contributed by atoms with Gasteiger partial charge in [0.1, 0.15) is 0 Å². The maximum atomic E-state index is 6.37. The molecule has 0 saturated carbocycles. The molecule has 2 N–H and O–H groups in total. The number of nitrogen functional groups attached to an aromatic ring is 1. The predicted octanol–water partition coefficient (Wildman–Crippen LogP) is 4.25. The summed E-state index contributed by atoms with van der Waals surface area (Å²) in [6, 6.07) is 15.1. The molecule has 0 aliphatic heterocycles. The second-order valence-corrected chi connectivity index (χ2v) is 4.40. The van der Waals surface area contributed by atoms with Gasteiger partial charge in [-0.3, -0.25) is 0 Å². The third kappa shape index (κ3) is 2.31. The van der Waals surface area contributed by atoms with Crippen LogP contribution in [0.3, 0.4) is 0 Å². The van der Waals surface area contributed by atoms with Crippen LogP contribution in [0.1, 0.15) is 16.5 Å². The molecule has 0 heterocycles. The number of halogens is 2. The molecule has 3 heteroatoms. The molecule has 2 rings (SSSR count). The highest BCUT2D eigenvalue weighted by Gasteiger charge is 2.13. The molecule has 0 amide bonds. The molecule has 2 aromatic carbocycles. The van der Waals surface area contributed by atoms with Crippen molar-refractivity contribution in [1.29, 1.82) is 0 Å². The van der Waals surface area contributed by atoms with E-state index in [-0.39, 0.29) is 5.38 Å². The molecule has 0 saturated heterocycles. The lowest BCUT2D eigenvalue weighted by atomic mass is 10.0. The Morgan fingerprint density at radius 3 is 2.38 bits per heavy atom. The molecule has 1 atom stereocenters. The van der Waals surface area contributed by atoms with Gasteiger partial charge in [-0.05, 0) is 29.3 Å². The van der Waals surface area contributed by atoms with E-state index in [9.17, 15) is 0 Å². The molecule has 82 valence electrons. The molecular formula is C13H11Cl2N. The summed E-state index contributed by atoms with van der Waals surface area (Å²) in [5.74, 6) is 0. The Balaban J connectivity index is 2.41. The average molecular weight is 252 g/mol. The van der Waals surface area contributed by atoms with Gasteiger partial charge in [0.05, 0.1) is 5.38 Å². The van der Waals surface area contributed by atoms with Crippen LogP contribution in [0.25, 0.3) is 0 Å². The van der Waals surface area contributed by atoms with Gasteiger partial charge in [-0.2, -0.15) is 0 Å². The zero-order chi connectivity index (χ0) is 11.5. The maximum absolute atomic E-state index is 6.37. The van der Waals surface area contributed by atoms with E-state index < -0.39 is 0 Å². The van der Waals surface area contributed by atoms with Crippen molar-refractivity contribution < 1.29 is 0 Å². The van der Waals surface area contributed by atoms with Gasteiger partial charge < -0.3 is 5.73 Å². The molecule has 0 aliphatic rings. The number of hydrogen-bond acceptors (Lipinski definition) is 1. The minimum absolute atomic E-state index is 0.266. The molecule has 1 unspecified atom stereocenters. The Morgan fingerprint density at radius 1 is 1.00 bits per heavy atom. The second kappa shape index (κ2) is 4.77. The van der Waals surface area contributed by atoms with E-state index in [0.717, 1.165) is 11.1 Å². The Kier molecular flexibility index (Phi) is 3.37. The number of benzene rings is 2. The number of alkyl halides is 1. The van der Waals surface area contributed by atoms with Crippen LogP contribution in [0.5, 0.6) is 0 Å². The summed E-state index contributed by atoms with van der Waals surface area (Å²) in [4.78, 5) is 0. The average Bonchev–Trinajstić information content (AvgIpc) is 2.32. The Hall–Kier alpha value is -1.18. The van der Waals surface area contributed by atoms with Crippen LogP contribution in [-0.2, 0) is 0 Å². The topological polar surface area (TPSA) is 26.0 Å². The number of nitrogens with two attached hydrogens (primary N) is 1. The summed E-state index contributed by atoms with van der Waals surface area (Å²) in [7, 11) is 0. The van der Waals surface area contributed by atoms with Crippen LogP contribution in [0.15, 0.2) is 48.5 Å². The number of anilines is 1. The van der Waals surface area contributed by atoms with Gasteiger partial charge >= 0.3 is 0 Å². The van der Waals surface area contributed by atoms with Gasteiger partial charge in [-0.15, -0.1) is 11.6 Å². The first kappa shape index (κ1) is 11.3. The van der Waals surface area contributed by atoms with Gasteiger partial charge in [-0.1, -0.05) is 41.9 Å². The Morgan fingerprint density at radius 2 is 1.69 bits per heavy atom. The normalized spacial score (nSPS) is 12.4. The first-order valence-electron chi connectivity index (χ1n) is 4.92. The highest BCUT2D eigenvalue weighted by Crippen LogP contribution is 2.34. The van der Waals surface area contributed by atoms with E-state index in [0.29, 0.717) is 10.7 Å². The second-order valence-electron chi connectivity index (χ2n) is 3.55. The first-order valence-corrected chi connectivity index (χ1v) is 5.74.